The molecule has 2 N–H and O–H groups in total. The lowest BCUT2D eigenvalue weighted by Gasteiger charge is -2.37. The van der Waals surface area contributed by atoms with Crippen LogP contribution in [0.5, 0.6) is 11.5 Å². The number of ether oxygens (including phenoxy) is 2. The lowest BCUT2D eigenvalue weighted by Crippen LogP contribution is -2.53. The number of aromatic nitrogens is 4. The molecule has 10 nitrogen and oxygen atoms in total. The average molecular weight is 450 g/mol. The van der Waals surface area contributed by atoms with Crippen LogP contribution in [0.15, 0.2) is 43.0 Å². The number of nitrogens with one attached hydrogen (secondary N) is 2. The SMILES string of the molecule is Cc1cc(N2CCNCC2CC(=O)NC(C)c2ccc3c(c2)OCO3)nc(-n2ccnc2)n1. The van der Waals surface area contributed by atoms with Gasteiger partial charge in [-0.15, -0.1) is 0 Å². The highest BCUT2D eigenvalue weighted by molar-refractivity contribution is 5.77. The number of carbonyl (C=O) groups is 1. The number of aryl methyl sites for hydroxylation is 1. The molecular formula is C23H27N7O3. The normalized spacial score (nSPS) is 18.2. The first kappa shape index (κ1) is 21.2. The topological polar surface area (TPSA) is 106 Å². The number of rotatable bonds is 6. The maximum absolute atomic E-state index is 13.0. The van der Waals surface area contributed by atoms with Gasteiger partial charge < -0.3 is 25.0 Å². The second kappa shape index (κ2) is 9.07. The number of benzene rings is 1. The molecule has 1 aromatic carbocycles. The lowest BCUT2D eigenvalue weighted by molar-refractivity contribution is -0.122. The molecule has 2 atom stereocenters. The van der Waals surface area contributed by atoms with Gasteiger partial charge in [0.25, 0.3) is 0 Å². The largest absolute Gasteiger partial charge is 0.454 e. The highest BCUT2D eigenvalue weighted by Crippen LogP contribution is 2.34. The van der Waals surface area contributed by atoms with Crippen LogP contribution in [0.25, 0.3) is 5.95 Å². The van der Waals surface area contributed by atoms with Crippen LogP contribution in [-0.2, 0) is 4.79 Å². The van der Waals surface area contributed by atoms with Crippen molar-refractivity contribution in [3.8, 4) is 17.4 Å². The first-order valence-corrected chi connectivity index (χ1v) is 11.1. The van der Waals surface area contributed by atoms with Crippen molar-refractivity contribution < 1.29 is 14.3 Å². The molecule has 2 aliphatic heterocycles. The van der Waals surface area contributed by atoms with E-state index in [4.69, 9.17) is 14.5 Å². The number of hydrogen-bond donors (Lipinski definition) is 2. The fourth-order valence-electron chi connectivity index (χ4n) is 4.20. The molecule has 0 bridgehead atoms. The molecule has 1 saturated heterocycles. The van der Waals surface area contributed by atoms with Crippen molar-refractivity contribution in [3.05, 3.63) is 54.2 Å². The third-order valence-corrected chi connectivity index (χ3v) is 5.90. The van der Waals surface area contributed by atoms with Crippen LogP contribution in [0.1, 0.15) is 30.6 Å². The zero-order valence-electron chi connectivity index (χ0n) is 18.7. The summed E-state index contributed by atoms with van der Waals surface area (Å²) in [4.78, 5) is 28.5. The monoisotopic (exact) mass is 449 g/mol. The minimum absolute atomic E-state index is 0.0144. The van der Waals surface area contributed by atoms with E-state index in [0.717, 1.165) is 35.9 Å². The van der Waals surface area contributed by atoms with E-state index < -0.39 is 0 Å². The average Bonchev–Trinajstić information content (AvgIpc) is 3.50. The molecule has 33 heavy (non-hydrogen) atoms. The predicted molar refractivity (Wildman–Crippen MR) is 122 cm³/mol. The number of fused-ring (bicyclic) bond motifs is 1. The Hall–Kier alpha value is -3.66. The molecule has 0 saturated carbocycles. The molecule has 10 heteroatoms. The Labute approximate surface area is 192 Å². The maximum atomic E-state index is 13.0. The number of nitrogens with zero attached hydrogens (tertiary/aromatic N) is 5. The van der Waals surface area contributed by atoms with Gasteiger partial charge in [-0.1, -0.05) is 6.07 Å². The summed E-state index contributed by atoms with van der Waals surface area (Å²) in [5, 5.41) is 6.52. The van der Waals surface area contributed by atoms with Gasteiger partial charge in [0.2, 0.25) is 18.6 Å². The number of imidazole rings is 1. The van der Waals surface area contributed by atoms with E-state index in [1.807, 2.05) is 44.3 Å². The fourth-order valence-corrected chi connectivity index (χ4v) is 4.20. The van der Waals surface area contributed by atoms with Gasteiger partial charge in [-0.3, -0.25) is 9.36 Å². The van der Waals surface area contributed by atoms with Crippen LogP contribution < -0.4 is 25.0 Å². The quantitative estimate of drug-likeness (QED) is 0.586. The van der Waals surface area contributed by atoms with E-state index >= 15 is 0 Å². The number of anilines is 1. The zero-order chi connectivity index (χ0) is 22.8. The predicted octanol–water partition coefficient (Wildman–Crippen LogP) is 1.75. The Kier molecular flexibility index (Phi) is 5.82. The van der Waals surface area contributed by atoms with Gasteiger partial charge >= 0.3 is 0 Å². The molecule has 0 radical (unpaired) electrons. The second-order valence-electron chi connectivity index (χ2n) is 8.29. The third kappa shape index (κ3) is 4.61. The molecular weight excluding hydrogens is 422 g/mol. The molecule has 172 valence electrons. The Balaban J connectivity index is 1.29. The molecule has 1 fully saturated rings. The van der Waals surface area contributed by atoms with Crippen LogP contribution in [-0.4, -0.2) is 57.9 Å². The van der Waals surface area contributed by atoms with Crippen LogP contribution in [0.4, 0.5) is 5.82 Å². The van der Waals surface area contributed by atoms with Gasteiger partial charge in [-0.2, -0.15) is 4.98 Å². The van der Waals surface area contributed by atoms with Crippen LogP contribution in [0.2, 0.25) is 0 Å². The molecule has 5 rings (SSSR count). The summed E-state index contributed by atoms with van der Waals surface area (Å²) < 4.78 is 12.6. The van der Waals surface area contributed by atoms with Crippen molar-refractivity contribution in [2.45, 2.75) is 32.4 Å². The standard InChI is InChI=1S/C23H27N7O3/c1-15-9-21(28-23(26-15)29-7-5-25-13-29)30-8-6-24-12-18(30)11-22(31)27-16(2)17-3-4-19-20(10-17)33-14-32-19/h3-5,7,9-10,13,16,18,24H,6,8,11-12,14H2,1-2H3,(H,27,31). The summed E-state index contributed by atoms with van der Waals surface area (Å²) in [5.74, 6) is 2.81. The van der Waals surface area contributed by atoms with Crippen LogP contribution in [0, 0.1) is 6.92 Å². The van der Waals surface area contributed by atoms with Crippen molar-refractivity contribution in [2.24, 2.45) is 0 Å². The molecule has 2 aromatic heterocycles. The number of piperazine rings is 1. The second-order valence-corrected chi connectivity index (χ2v) is 8.29. The Morgan fingerprint density at radius 3 is 3.00 bits per heavy atom. The molecule has 1 amide bonds. The summed E-state index contributed by atoms with van der Waals surface area (Å²) in [6, 6.07) is 7.55. The first-order valence-electron chi connectivity index (χ1n) is 11.1. The minimum Gasteiger partial charge on any atom is -0.454 e. The van der Waals surface area contributed by atoms with Gasteiger partial charge in [-0.25, -0.2) is 9.97 Å². The van der Waals surface area contributed by atoms with Gasteiger partial charge in [-0.05, 0) is 31.5 Å². The highest BCUT2D eigenvalue weighted by Gasteiger charge is 2.27. The van der Waals surface area contributed by atoms with Gasteiger partial charge in [0.15, 0.2) is 11.5 Å². The minimum atomic E-state index is -0.147. The van der Waals surface area contributed by atoms with E-state index in [1.165, 1.54) is 0 Å². The third-order valence-electron chi connectivity index (χ3n) is 5.90. The first-order chi connectivity index (χ1) is 16.1. The maximum Gasteiger partial charge on any atom is 0.237 e. The van der Waals surface area contributed by atoms with Crippen molar-refractivity contribution in [1.29, 1.82) is 0 Å². The molecule has 3 aromatic rings. The van der Waals surface area contributed by atoms with E-state index in [2.05, 4.69) is 25.5 Å². The van der Waals surface area contributed by atoms with Crippen LogP contribution >= 0.6 is 0 Å². The van der Waals surface area contributed by atoms with Crippen molar-refractivity contribution in [2.75, 3.05) is 31.3 Å². The summed E-state index contributed by atoms with van der Waals surface area (Å²) >= 11 is 0. The lowest BCUT2D eigenvalue weighted by atomic mass is 10.1. The van der Waals surface area contributed by atoms with Gasteiger partial charge in [0, 0.05) is 50.2 Å². The van der Waals surface area contributed by atoms with E-state index in [9.17, 15) is 4.79 Å². The summed E-state index contributed by atoms with van der Waals surface area (Å²) in [7, 11) is 0. The highest BCUT2D eigenvalue weighted by atomic mass is 16.7. The van der Waals surface area contributed by atoms with Crippen LogP contribution in [0.3, 0.4) is 0 Å². The summed E-state index contributed by atoms with van der Waals surface area (Å²) in [6.07, 6.45) is 5.55. The number of amides is 1. The molecule has 2 unspecified atom stereocenters. The fraction of sp³-hybridized carbons (Fsp3) is 0.391. The summed E-state index contributed by atoms with van der Waals surface area (Å²) in [6.45, 7) is 6.44. The zero-order valence-corrected chi connectivity index (χ0v) is 18.7. The van der Waals surface area contributed by atoms with E-state index in [-0.39, 0.29) is 24.8 Å². The Morgan fingerprint density at radius 2 is 2.15 bits per heavy atom. The Bertz CT molecular complexity index is 1140. The molecule has 4 heterocycles. The molecule has 2 aliphatic rings. The van der Waals surface area contributed by atoms with E-state index in [1.54, 1.807) is 17.1 Å². The van der Waals surface area contributed by atoms with Gasteiger partial charge in [0.05, 0.1) is 12.1 Å². The molecule has 0 aliphatic carbocycles. The summed E-state index contributed by atoms with van der Waals surface area (Å²) in [5.41, 5.74) is 1.84. The number of carbonyl (C=O) groups excluding carboxylic acids is 1. The Morgan fingerprint density at radius 1 is 1.27 bits per heavy atom. The smallest absolute Gasteiger partial charge is 0.237 e. The van der Waals surface area contributed by atoms with Crippen molar-refractivity contribution in [1.82, 2.24) is 30.2 Å². The van der Waals surface area contributed by atoms with Crippen molar-refractivity contribution in [3.63, 3.8) is 0 Å². The molecule has 0 spiro atoms. The number of hydrogen-bond acceptors (Lipinski definition) is 8. The van der Waals surface area contributed by atoms with Gasteiger partial charge in [0.1, 0.15) is 12.1 Å². The van der Waals surface area contributed by atoms with Crippen molar-refractivity contribution >= 4 is 11.7 Å². The van der Waals surface area contributed by atoms with E-state index in [0.29, 0.717) is 24.7 Å².